The number of anilines is 3. The molecule has 0 saturated heterocycles. The Morgan fingerprint density at radius 3 is 2.19 bits per heavy atom. The second-order valence-electron chi connectivity index (χ2n) is 8.21. The van der Waals surface area contributed by atoms with Crippen molar-refractivity contribution in [3.05, 3.63) is 116 Å². The van der Waals surface area contributed by atoms with E-state index in [1.54, 1.807) is 6.33 Å². The number of hydrogen-bond acceptors (Lipinski definition) is 6. The number of benzene rings is 4. The largest absolute Gasteiger partial charge is 0.457 e. The predicted molar refractivity (Wildman–Crippen MR) is 143 cm³/mol. The van der Waals surface area contributed by atoms with E-state index in [1.807, 2.05) is 114 Å². The summed E-state index contributed by atoms with van der Waals surface area (Å²) in [6, 6.07) is 34.9. The number of aromatic nitrogens is 4. The van der Waals surface area contributed by atoms with Gasteiger partial charge in [-0.15, -0.1) is 0 Å². The zero-order valence-electron chi connectivity index (χ0n) is 19.2. The summed E-state index contributed by atoms with van der Waals surface area (Å²) in [5.74, 6) is 2.69. The van der Waals surface area contributed by atoms with E-state index in [0.29, 0.717) is 28.5 Å². The predicted octanol–water partition coefficient (Wildman–Crippen LogP) is 6.60. The molecule has 0 saturated carbocycles. The van der Waals surface area contributed by atoms with Gasteiger partial charge in [0.25, 0.3) is 0 Å². The Kier molecular flexibility index (Phi) is 5.48. The number of ether oxygens (including phenoxy) is 1. The molecule has 0 aliphatic rings. The average Bonchev–Trinajstić information content (AvgIpc) is 3.35. The number of nitrogens with zero attached hydrogens (tertiary/aromatic N) is 4. The van der Waals surface area contributed by atoms with E-state index in [0.717, 1.165) is 28.4 Å². The topological polar surface area (TPSA) is 90.9 Å². The molecule has 36 heavy (non-hydrogen) atoms. The standard InChI is InChI=1S/C29H22N6O/c30-21-9-7-8-20(18-21)27-33-28(26-29(34-27)35(19-31-26)23-10-3-1-4-11-23)32-22-14-16-25(17-15-22)36-24-12-5-2-6-13-24/h1-19H,30H2,(H,32,33,34). The second kappa shape index (κ2) is 9.23. The minimum absolute atomic E-state index is 0.555. The third-order valence-corrected chi connectivity index (χ3v) is 5.67. The SMILES string of the molecule is Nc1cccc(-c2nc(Nc3ccc(Oc4ccccc4)cc3)c3ncn(-c4ccccc4)c3n2)c1. The van der Waals surface area contributed by atoms with Gasteiger partial charge in [0, 0.05) is 22.6 Å². The molecule has 0 spiro atoms. The minimum Gasteiger partial charge on any atom is -0.457 e. The number of imidazole rings is 1. The van der Waals surface area contributed by atoms with Gasteiger partial charge in [0.05, 0.1) is 0 Å². The molecule has 3 N–H and O–H groups in total. The third-order valence-electron chi connectivity index (χ3n) is 5.67. The Labute approximate surface area is 207 Å². The van der Waals surface area contributed by atoms with Crippen molar-refractivity contribution in [2.75, 3.05) is 11.1 Å². The van der Waals surface area contributed by atoms with Crippen molar-refractivity contribution in [3.8, 4) is 28.6 Å². The fourth-order valence-corrected chi connectivity index (χ4v) is 3.94. The Balaban J connectivity index is 1.39. The van der Waals surface area contributed by atoms with Gasteiger partial charge in [-0.2, -0.15) is 0 Å². The van der Waals surface area contributed by atoms with Gasteiger partial charge >= 0.3 is 0 Å². The van der Waals surface area contributed by atoms with E-state index in [-0.39, 0.29) is 0 Å². The molecule has 6 aromatic rings. The Morgan fingerprint density at radius 1 is 0.722 bits per heavy atom. The van der Waals surface area contributed by atoms with Crippen LogP contribution in [-0.4, -0.2) is 19.5 Å². The van der Waals surface area contributed by atoms with Crippen LogP contribution in [0.2, 0.25) is 0 Å². The Hall–Kier alpha value is -5.17. The number of hydrogen-bond donors (Lipinski definition) is 2. The van der Waals surface area contributed by atoms with E-state index in [2.05, 4.69) is 10.3 Å². The van der Waals surface area contributed by atoms with E-state index < -0.39 is 0 Å². The Bertz CT molecular complexity index is 1630. The van der Waals surface area contributed by atoms with Crippen LogP contribution in [0, 0.1) is 0 Å². The molecule has 0 unspecified atom stereocenters. The molecule has 6 rings (SSSR count). The smallest absolute Gasteiger partial charge is 0.170 e. The maximum atomic E-state index is 6.04. The van der Waals surface area contributed by atoms with Crippen LogP contribution >= 0.6 is 0 Å². The van der Waals surface area contributed by atoms with Crippen LogP contribution < -0.4 is 15.8 Å². The molecular formula is C29H22N6O. The first-order valence-corrected chi connectivity index (χ1v) is 11.5. The maximum Gasteiger partial charge on any atom is 0.170 e. The quantitative estimate of drug-likeness (QED) is 0.267. The zero-order valence-corrected chi connectivity index (χ0v) is 19.2. The lowest BCUT2D eigenvalue weighted by Crippen LogP contribution is -2.02. The van der Waals surface area contributed by atoms with Gasteiger partial charge in [-0.1, -0.05) is 48.5 Å². The number of para-hydroxylation sites is 2. The van der Waals surface area contributed by atoms with Crippen molar-refractivity contribution in [2.45, 2.75) is 0 Å². The summed E-state index contributed by atoms with van der Waals surface area (Å²) in [6.45, 7) is 0. The summed E-state index contributed by atoms with van der Waals surface area (Å²) in [7, 11) is 0. The highest BCUT2D eigenvalue weighted by molar-refractivity contribution is 5.88. The van der Waals surface area contributed by atoms with E-state index in [1.165, 1.54) is 0 Å². The van der Waals surface area contributed by atoms with Gasteiger partial charge in [-0.25, -0.2) is 15.0 Å². The molecule has 0 fully saturated rings. The molecule has 0 bridgehead atoms. The van der Waals surface area contributed by atoms with Crippen molar-refractivity contribution in [3.63, 3.8) is 0 Å². The van der Waals surface area contributed by atoms with Gasteiger partial charge in [-0.05, 0) is 60.7 Å². The third kappa shape index (κ3) is 4.33. The highest BCUT2D eigenvalue weighted by atomic mass is 16.5. The number of nitrogens with two attached hydrogens (primary N) is 1. The summed E-state index contributed by atoms with van der Waals surface area (Å²) >= 11 is 0. The van der Waals surface area contributed by atoms with Gasteiger partial charge < -0.3 is 15.8 Å². The molecule has 174 valence electrons. The first-order valence-electron chi connectivity index (χ1n) is 11.5. The lowest BCUT2D eigenvalue weighted by molar-refractivity contribution is 0.483. The molecule has 0 atom stereocenters. The maximum absolute atomic E-state index is 6.04. The van der Waals surface area contributed by atoms with Crippen molar-refractivity contribution >= 4 is 28.4 Å². The molecule has 0 radical (unpaired) electrons. The molecular weight excluding hydrogens is 448 g/mol. The molecule has 7 nitrogen and oxygen atoms in total. The molecule has 7 heteroatoms. The van der Waals surface area contributed by atoms with Gasteiger partial charge in [-0.3, -0.25) is 4.57 Å². The van der Waals surface area contributed by atoms with E-state index in [9.17, 15) is 0 Å². The van der Waals surface area contributed by atoms with Crippen LogP contribution in [0.5, 0.6) is 11.5 Å². The number of fused-ring (bicyclic) bond motifs is 1. The zero-order chi connectivity index (χ0) is 24.3. The summed E-state index contributed by atoms with van der Waals surface area (Å²) in [5, 5.41) is 3.41. The average molecular weight is 471 g/mol. The second-order valence-corrected chi connectivity index (χ2v) is 8.21. The first kappa shape index (κ1) is 21.4. The highest BCUT2D eigenvalue weighted by Crippen LogP contribution is 2.30. The summed E-state index contributed by atoms with van der Waals surface area (Å²) < 4.78 is 7.87. The van der Waals surface area contributed by atoms with Crippen LogP contribution in [0.1, 0.15) is 0 Å². The van der Waals surface area contributed by atoms with Crippen LogP contribution in [-0.2, 0) is 0 Å². The monoisotopic (exact) mass is 470 g/mol. The molecule has 2 heterocycles. The molecule has 2 aromatic heterocycles. The fourth-order valence-electron chi connectivity index (χ4n) is 3.94. The lowest BCUT2D eigenvalue weighted by Gasteiger charge is -2.11. The fraction of sp³-hybridized carbons (Fsp3) is 0. The van der Waals surface area contributed by atoms with Crippen LogP contribution in [0.3, 0.4) is 0 Å². The van der Waals surface area contributed by atoms with Crippen molar-refractivity contribution in [1.82, 2.24) is 19.5 Å². The van der Waals surface area contributed by atoms with E-state index >= 15 is 0 Å². The van der Waals surface area contributed by atoms with Gasteiger partial charge in [0.15, 0.2) is 22.8 Å². The summed E-state index contributed by atoms with van der Waals surface area (Å²) in [5.41, 5.74) is 10.7. The number of nitrogen functional groups attached to an aromatic ring is 1. The minimum atomic E-state index is 0.555. The summed E-state index contributed by atoms with van der Waals surface area (Å²) in [4.78, 5) is 14.3. The lowest BCUT2D eigenvalue weighted by atomic mass is 10.2. The van der Waals surface area contributed by atoms with Crippen LogP contribution in [0.4, 0.5) is 17.2 Å². The van der Waals surface area contributed by atoms with Crippen molar-refractivity contribution in [1.29, 1.82) is 0 Å². The van der Waals surface area contributed by atoms with Gasteiger partial charge in [0.2, 0.25) is 0 Å². The van der Waals surface area contributed by atoms with E-state index in [4.69, 9.17) is 20.4 Å². The normalized spacial score (nSPS) is 10.9. The number of nitrogens with one attached hydrogen (secondary N) is 1. The molecule has 0 amide bonds. The van der Waals surface area contributed by atoms with Crippen molar-refractivity contribution < 1.29 is 4.74 Å². The van der Waals surface area contributed by atoms with Crippen LogP contribution in [0.25, 0.3) is 28.2 Å². The summed E-state index contributed by atoms with van der Waals surface area (Å²) in [6.07, 6.45) is 1.76. The van der Waals surface area contributed by atoms with Crippen LogP contribution in [0.15, 0.2) is 116 Å². The molecule has 0 aliphatic carbocycles. The van der Waals surface area contributed by atoms with Crippen molar-refractivity contribution in [2.24, 2.45) is 0 Å². The van der Waals surface area contributed by atoms with Gasteiger partial charge in [0.1, 0.15) is 17.8 Å². The molecule has 4 aromatic carbocycles. The highest BCUT2D eigenvalue weighted by Gasteiger charge is 2.16. The number of rotatable bonds is 6. The first-order chi connectivity index (χ1) is 17.7. The Morgan fingerprint density at radius 2 is 1.44 bits per heavy atom. The molecule has 0 aliphatic heterocycles.